The summed E-state index contributed by atoms with van der Waals surface area (Å²) in [6.07, 6.45) is 7.02. The first-order chi connectivity index (χ1) is 13.7. The molecule has 6 heteroatoms. The van der Waals surface area contributed by atoms with E-state index in [0.717, 1.165) is 64.4 Å². The molecule has 160 valence electrons. The van der Waals surface area contributed by atoms with Gasteiger partial charge < -0.3 is 15.1 Å². The van der Waals surface area contributed by atoms with Gasteiger partial charge in [0.1, 0.15) is 0 Å². The summed E-state index contributed by atoms with van der Waals surface area (Å²) < 4.78 is 0. The first-order valence-electron chi connectivity index (χ1n) is 10.8. The highest BCUT2D eigenvalue weighted by atomic mass is 127. The highest BCUT2D eigenvalue weighted by Gasteiger charge is 2.26. The van der Waals surface area contributed by atoms with Crippen LogP contribution < -0.4 is 5.32 Å². The average Bonchev–Trinajstić information content (AvgIpc) is 3.17. The number of benzene rings is 1. The zero-order chi connectivity index (χ0) is 19.8. The van der Waals surface area contributed by atoms with Gasteiger partial charge in [-0.25, -0.2) is 0 Å². The third kappa shape index (κ3) is 6.46. The quantitative estimate of drug-likeness (QED) is 0.341. The third-order valence-electron chi connectivity index (χ3n) is 5.73. The molecule has 0 radical (unpaired) electrons. The number of rotatable bonds is 7. The van der Waals surface area contributed by atoms with E-state index in [2.05, 4.69) is 65.4 Å². The van der Waals surface area contributed by atoms with Gasteiger partial charge in [0.05, 0.1) is 0 Å². The molecule has 1 N–H and O–H groups in total. The van der Waals surface area contributed by atoms with E-state index in [1.807, 2.05) is 0 Å². The van der Waals surface area contributed by atoms with Crippen LogP contribution in [0.4, 0.5) is 0 Å². The number of likely N-dealkylation sites (tertiary alicyclic amines) is 1. The van der Waals surface area contributed by atoms with Crippen molar-refractivity contribution in [2.45, 2.75) is 52.0 Å². The number of guanidine groups is 1. The summed E-state index contributed by atoms with van der Waals surface area (Å²) in [5, 5.41) is 3.44. The lowest BCUT2D eigenvalue weighted by atomic mass is 10.00. The minimum absolute atomic E-state index is 0. The van der Waals surface area contributed by atoms with Gasteiger partial charge in [0.2, 0.25) is 5.91 Å². The largest absolute Gasteiger partial charge is 0.357 e. The predicted octanol–water partition coefficient (Wildman–Crippen LogP) is 4.15. The molecule has 3 rings (SSSR count). The normalized spacial score (nSPS) is 18.3. The Balaban J connectivity index is 0.00000300. The van der Waals surface area contributed by atoms with E-state index >= 15 is 0 Å². The highest BCUT2D eigenvalue weighted by Crippen LogP contribution is 2.22. The molecule has 1 unspecified atom stereocenters. The van der Waals surface area contributed by atoms with Gasteiger partial charge in [-0.05, 0) is 43.7 Å². The van der Waals surface area contributed by atoms with Crippen LogP contribution in [-0.4, -0.2) is 60.4 Å². The summed E-state index contributed by atoms with van der Waals surface area (Å²) in [6, 6.07) is 11.0. The number of hydrogen-bond donors (Lipinski definition) is 1. The summed E-state index contributed by atoms with van der Waals surface area (Å²) in [6.45, 7) is 8.70. The topological polar surface area (TPSA) is 47.9 Å². The Morgan fingerprint density at radius 3 is 2.55 bits per heavy atom. The molecule has 29 heavy (non-hydrogen) atoms. The van der Waals surface area contributed by atoms with Crippen molar-refractivity contribution in [1.82, 2.24) is 15.1 Å². The first-order valence-corrected chi connectivity index (χ1v) is 10.8. The second-order valence-electron chi connectivity index (χ2n) is 7.57. The summed E-state index contributed by atoms with van der Waals surface area (Å²) in [5.41, 5.74) is 2.75. The number of carbonyl (C=O) groups excluding carboxylic acids is 1. The van der Waals surface area contributed by atoms with Gasteiger partial charge in [-0.3, -0.25) is 9.79 Å². The van der Waals surface area contributed by atoms with Gasteiger partial charge in [-0.15, -0.1) is 24.0 Å². The Morgan fingerprint density at radius 1 is 1.17 bits per heavy atom. The molecule has 2 aliphatic rings. The fourth-order valence-electron chi connectivity index (χ4n) is 4.16. The molecule has 0 saturated carbocycles. The fourth-order valence-corrected chi connectivity index (χ4v) is 4.16. The average molecular weight is 510 g/mol. The Labute approximate surface area is 192 Å². The number of aliphatic imine (C=N–C) groups is 1. The summed E-state index contributed by atoms with van der Waals surface area (Å²) >= 11 is 0. The van der Waals surface area contributed by atoms with Gasteiger partial charge in [0.15, 0.2) is 5.96 Å². The van der Waals surface area contributed by atoms with E-state index in [1.54, 1.807) is 0 Å². The number of nitrogens with zero attached hydrogens (tertiary/aromatic N) is 3. The molecule has 1 saturated heterocycles. The van der Waals surface area contributed by atoms with Gasteiger partial charge in [-0.1, -0.05) is 43.3 Å². The molecule has 2 aliphatic heterocycles. The fraction of sp³-hybridized carbons (Fsp3) is 0.565. The van der Waals surface area contributed by atoms with Crippen molar-refractivity contribution in [1.29, 1.82) is 0 Å². The number of nitrogens with one attached hydrogen (secondary N) is 1. The third-order valence-corrected chi connectivity index (χ3v) is 5.73. The van der Waals surface area contributed by atoms with E-state index in [1.165, 1.54) is 11.1 Å². The molecule has 0 aliphatic carbocycles. The molecule has 1 aromatic carbocycles. The maximum atomic E-state index is 12.0. The SMILES string of the molecule is CCNC(=NCCC(CC)N1CCCC1=O)N1CC=C(c2ccccc2)CC1.I. The summed E-state index contributed by atoms with van der Waals surface area (Å²) in [7, 11) is 0. The van der Waals surface area contributed by atoms with E-state index in [0.29, 0.717) is 18.4 Å². The van der Waals surface area contributed by atoms with Gasteiger partial charge in [0, 0.05) is 45.2 Å². The molecule has 0 aromatic heterocycles. The second-order valence-corrected chi connectivity index (χ2v) is 7.57. The second kappa shape index (κ2) is 12.2. The zero-order valence-corrected chi connectivity index (χ0v) is 20.1. The van der Waals surface area contributed by atoms with Crippen molar-refractivity contribution in [3.05, 3.63) is 42.0 Å². The number of halogens is 1. The van der Waals surface area contributed by atoms with Crippen molar-refractivity contribution in [2.75, 3.05) is 32.7 Å². The highest BCUT2D eigenvalue weighted by molar-refractivity contribution is 14.0. The Bertz CT molecular complexity index is 704. The molecule has 0 bridgehead atoms. The number of hydrogen-bond acceptors (Lipinski definition) is 2. The molecule has 5 nitrogen and oxygen atoms in total. The van der Waals surface area contributed by atoms with Crippen LogP contribution in [-0.2, 0) is 4.79 Å². The molecule has 1 amide bonds. The molecule has 1 aromatic rings. The molecule has 1 atom stereocenters. The Morgan fingerprint density at radius 2 is 1.97 bits per heavy atom. The van der Waals surface area contributed by atoms with Crippen LogP contribution in [0.25, 0.3) is 5.57 Å². The van der Waals surface area contributed by atoms with Crippen LogP contribution in [0.2, 0.25) is 0 Å². The maximum Gasteiger partial charge on any atom is 0.222 e. The first kappa shape index (κ1) is 23.7. The number of carbonyl (C=O) groups is 1. The smallest absolute Gasteiger partial charge is 0.222 e. The minimum Gasteiger partial charge on any atom is -0.357 e. The van der Waals surface area contributed by atoms with Crippen molar-refractivity contribution in [3.8, 4) is 0 Å². The number of amides is 1. The molecule has 2 heterocycles. The van der Waals surface area contributed by atoms with Crippen LogP contribution in [0.1, 0.15) is 51.5 Å². The minimum atomic E-state index is 0. The Kier molecular flexibility index (Phi) is 9.97. The van der Waals surface area contributed by atoms with Crippen molar-refractivity contribution in [2.24, 2.45) is 4.99 Å². The van der Waals surface area contributed by atoms with Crippen LogP contribution in [0.15, 0.2) is 41.4 Å². The van der Waals surface area contributed by atoms with Gasteiger partial charge in [0.25, 0.3) is 0 Å². The van der Waals surface area contributed by atoms with Crippen molar-refractivity contribution >= 4 is 41.4 Å². The van der Waals surface area contributed by atoms with Gasteiger partial charge >= 0.3 is 0 Å². The van der Waals surface area contributed by atoms with Crippen molar-refractivity contribution in [3.63, 3.8) is 0 Å². The standard InChI is InChI=1S/C23H34N4O.HI/c1-3-21(27-16-8-11-22(27)28)12-15-25-23(24-4-2)26-17-13-20(14-18-26)19-9-6-5-7-10-19;/h5-7,9-10,13,21H,3-4,8,11-12,14-18H2,1-2H3,(H,24,25);1H. The lowest BCUT2D eigenvalue weighted by molar-refractivity contribution is -0.129. The Hall–Kier alpha value is -1.57. The monoisotopic (exact) mass is 510 g/mol. The van der Waals surface area contributed by atoms with E-state index < -0.39 is 0 Å². The van der Waals surface area contributed by atoms with Crippen LogP contribution in [0.3, 0.4) is 0 Å². The van der Waals surface area contributed by atoms with E-state index in [-0.39, 0.29) is 24.0 Å². The van der Waals surface area contributed by atoms with Crippen molar-refractivity contribution < 1.29 is 4.79 Å². The van der Waals surface area contributed by atoms with E-state index in [4.69, 9.17) is 4.99 Å². The zero-order valence-electron chi connectivity index (χ0n) is 17.8. The molecular weight excluding hydrogens is 475 g/mol. The lowest BCUT2D eigenvalue weighted by Gasteiger charge is -2.30. The summed E-state index contributed by atoms with van der Waals surface area (Å²) in [4.78, 5) is 21.3. The molecular formula is C23H35IN4O. The van der Waals surface area contributed by atoms with Crippen LogP contribution >= 0.6 is 24.0 Å². The lowest BCUT2D eigenvalue weighted by Crippen LogP contribution is -2.43. The molecule has 1 fully saturated rings. The van der Waals surface area contributed by atoms with Gasteiger partial charge in [-0.2, -0.15) is 0 Å². The summed E-state index contributed by atoms with van der Waals surface area (Å²) in [5.74, 6) is 1.31. The maximum absolute atomic E-state index is 12.0. The van der Waals surface area contributed by atoms with Crippen LogP contribution in [0.5, 0.6) is 0 Å². The predicted molar refractivity (Wildman–Crippen MR) is 132 cm³/mol. The molecule has 0 spiro atoms. The van der Waals surface area contributed by atoms with Crippen LogP contribution in [0, 0.1) is 0 Å². The van der Waals surface area contributed by atoms with E-state index in [9.17, 15) is 4.79 Å².